The molecule has 0 N–H and O–H groups in total. The second-order valence-corrected chi connectivity index (χ2v) is 7.38. The zero-order valence-corrected chi connectivity index (χ0v) is 16.3. The van der Waals surface area contributed by atoms with Gasteiger partial charge in [-0.2, -0.15) is 0 Å². The molecule has 0 spiro atoms. The number of furan rings is 1. The highest BCUT2D eigenvalue weighted by molar-refractivity contribution is 9.10. The van der Waals surface area contributed by atoms with Crippen molar-refractivity contribution in [3.8, 4) is 22.6 Å². The zero-order valence-electron chi connectivity index (χ0n) is 14.7. The van der Waals surface area contributed by atoms with Crippen molar-refractivity contribution >= 4 is 37.8 Å². The Morgan fingerprint density at radius 1 is 0.778 bits per heavy atom. The van der Waals surface area contributed by atoms with Gasteiger partial charge in [-0.25, -0.2) is 4.98 Å². The van der Waals surface area contributed by atoms with Gasteiger partial charge in [-0.3, -0.25) is 0 Å². The van der Waals surface area contributed by atoms with Gasteiger partial charge < -0.3 is 4.42 Å². The third-order valence-electron chi connectivity index (χ3n) is 4.95. The van der Waals surface area contributed by atoms with Crippen LogP contribution in [0.2, 0.25) is 0 Å². The molecule has 2 aromatic heterocycles. The summed E-state index contributed by atoms with van der Waals surface area (Å²) in [5.74, 6) is 0.811. The molecule has 0 bridgehead atoms. The molecule has 2 heterocycles. The summed E-state index contributed by atoms with van der Waals surface area (Å²) in [6.07, 6.45) is 0. The van der Waals surface area contributed by atoms with Crippen molar-refractivity contribution in [3.63, 3.8) is 0 Å². The topological polar surface area (TPSA) is 26.0 Å². The summed E-state index contributed by atoms with van der Waals surface area (Å²) in [6.45, 7) is 2.09. The predicted octanol–water partition coefficient (Wildman–Crippen LogP) is 7.39. The van der Waals surface area contributed by atoms with Gasteiger partial charge in [0.1, 0.15) is 11.3 Å². The van der Waals surface area contributed by atoms with Crippen LogP contribution in [-0.4, -0.2) is 4.98 Å². The summed E-state index contributed by atoms with van der Waals surface area (Å²) in [5, 5.41) is 2.24. The Hall–Kier alpha value is -2.91. The largest absolute Gasteiger partial charge is 0.454 e. The van der Waals surface area contributed by atoms with E-state index in [1.54, 1.807) is 0 Å². The number of rotatable bonds is 2. The highest BCUT2D eigenvalue weighted by Gasteiger charge is 2.21. The molecule has 0 aliphatic rings. The Morgan fingerprint density at radius 2 is 1.44 bits per heavy atom. The van der Waals surface area contributed by atoms with Crippen LogP contribution < -0.4 is 0 Å². The Bertz CT molecular complexity index is 1290. The van der Waals surface area contributed by atoms with Crippen molar-refractivity contribution in [1.29, 1.82) is 0 Å². The molecule has 3 heteroatoms. The number of halogens is 1. The Balaban J connectivity index is 1.88. The van der Waals surface area contributed by atoms with E-state index in [1.165, 1.54) is 0 Å². The highest BCUT2D eigenvalue weighted by Crippen LogP contribution is 2.43. The van der Waals surface area contributed by atoms with Gasteiger partial charge in [0, 0.05) is 21.9 Å². The first-order valence-electron chi connectivity index (χ1n) is 8.86. The van der Waals surface area contributed by atoms with Crippen LogP contribution >= 0.6 is 15.9 Å². The normalized spacial score (nSPS) is 11.3. The van der Waals surface area contributed by atoms with E-state index in [0.717, 1.165) is 54.5 Å². The minimum atomic E-state index is 0.811. The standard InChI is InChI=1S/C24H16BrNO/c1-15-17-11-6-8-14-20(17)27-24(15)23-22(25)21(16-9-3-2-4-10-16)18-12-5-7-13-19(18)26-23/h2-14H,1H3. The van der Waals surface area contributed by atoms with Crippen LogP contribution in [-0.2, 0) is 0 Å². The molecule has 0 saturated carbocycles. The lowest BCUT2D eigenvalue weighted by molar-refractivity contribution is 0.626. The highest BCUT2D eigenvalue weighted by atomic mass is 79.9. The molecule has 130 valence electrons. The maximum atomic E-state index is 6.21. The number of hydrogen-bond donors (Lipinski definition) is 0. The number of aromatic nitrogens is 1. The van der Waals surface area contributed by atoms with E-state index >= 15 is 0 Å². The van der Waals surface area contributed by atoms with E-state index in [-0.39, 0.29) is 0 Å². The van der Waals surface area contributed by atoms with Gasteiger partial charge in [0.05, 0.1) is 9.99 Å². The van der Waals surface area contributed by atoms with E-state index < -0.39 is 0 Å². The molecule has 0 amide bonds. The first-order valence-corrected chi connectivity index (χ1v) is 9.65. The minimum absolute atomic E-state index is 0.811. The minimum Gasteiger partial charge on any atom is -0.454 e. The summed E-state index contributed by atoms with van der Waals surface area (Å²) in [5.41, 5.74) is 6.06. The molecule has 0 unspecified atom stereocenters. The summed E-state index contributed by atoms with van der Waals surface area (Å²) < 4.78 is 7.17. The molecule has 0 atom stereocenters. The fourth-order valence-corrected chi connectivity index (χ4v) is 4.34. The van der Waals surface area contributed by atoms with Crippen LogP contribution in [0.15, 0.2) is 87.8 Å². The summed E-state index contributed by atoms with van der Waals surface area (Å²) in [6, 6.07) is 26.8. The second kappa shape index (κ2) is 6.36. The number of nitrogens with zero attached hydrogens (tertiary/aromatic N) is 1. The number of hydrogen-bond acceptors (Lipinski definition) is 2. The fourth-order valence-electron chi connectivity index (χ4n) is 3.63. The molecule has 0 radical (unpaired) electrons. The molecule has 3 aromatic carbocycles. The molecule has 0 saturated heterocycles. The lowest BCUT2D eigenvalue weighted by Gasteiger charge is -2.13. The molecule has 0 fully saturated rings. The monoisotopic (exact) mass is 413 g/mol. The van der Waals surface area contributed by atoms with Gasteiger partial charge in [0.2, 0.25) is 0 Å². The van der Waals surface area contributed by atoms with Gasteiger partial charge >= 0.3 is 0 Å². The van der Waals surface area contributed by atoms with Crippen LogP contribution in [0.25, 0.3) is 44.5 Å². The first-order chi connectivity index (χ1) is 13.2. The maximum absolute atomic E-state index is 6.21. The lowest BCUT2D eigenvalue weighted by atomic mass is 9.99. The third kappa shape index (κ3) is 2.58. The first kappa shape index (κ1) is 16.3. The number of fused-ring (bicyclic) bond motifs is 2. The molecular weight excluding hydrogens is 398 g/mol. The van der Waals surface area contributed by atoms with Gasteiger partial charge in [-0.15, -0.1) is 0 Å². The summed E-state index contributed by atoms with van der Waals surface area (Å²) in [4.78, 5) is 4.95. The predicted molar refractivity (Wildman–Crippen MR) is 115 cm³/mol. The molecular formula is C24H16BrNO. The van der Waals surface area contributed by atoms with Crippen molar-refractivity contribution in [2.45, 2.75) is 6.92 Å². The van der Waals surface area contributed by atoms with E-state index in [2.05, 4.69) is 71.4 Å². The smallest absolute Gasteiger partial charge is 0.157 e. The Morgan fingerprint density at radius 3 is 2.22 bits per heavy atom. The van der Waals surface area contributed by atoms with Gasteiger partial charge in [-0.1, -0.05) is 66.7 Å². The Kier molecular flexibility index (Phi) is 3.83. The molecule has 27 heavy (non-hydrogen) atoms. The van der Waals surface area contributed by atoms with Gasteiger partial charge in [-0.05, 0) is 40.5 Å². The van der Waals surface area contributed by atoms with Crippen LogP contribution in [0.1, 0.15) is 5.56 Å². The summed E-state index contributed by atoms with van der Waals surface area (Å²) in [7, 11) is 0. The number of benzene rings is 3. The fraction of sp³-hybridized carbons (Fsp3) is 0.0417. The van der Waals surface area contributed by atoms with E-state index in [1.807, 2.05) is 30.3 Å². The average molecular weight is 414 g/mol. The number of para-hydroxylation sites is 2. The Labute approximate surface area is 165 Å². The second-order valence-electron chi connectivity index (χ2n) is 6.58. The van der Waals surface area contributed by atoms with Crippen molar-refractivity contribution in [2.24, 2.45) is 0 Å². The van der Waals surface area contributed by atoms with Crippen LogP contribution in [0.4, 0.5) is 0 Å². The molecule has 5 rings (SSSR count). The van der Waals surface area contributed by atoms with E-state index in [4.69, 9.17) is 9.40 Å². The average Bonchev–Trinajstić information content (AvgIpc) is 3.05. The van der Waals surface area contributed by atoms with Crippen molar-refractivity contribution in [2.75, 3.05) is 0 Å². The SMILES string of the molecule is Cc1c(-c2nc3ccccc3c(-c3ccccc3)c2Br)oc2ccccc12. The van der Waals surface area contributed by atoms with Crippen molar-refractivity contribution in [3.05, 3.63) is 88.9 Å². The maximum Gasteiger partial charge on any atom is 0.157 e. The van der Waals surface area contributed by atoms with Crippen LogP contribution in [0.5, 0.6) is 0 Å². The molecule has 0 aliphatic heterocycles. The van der Waals surface area contributed by atoms with Crippen LogP contribution in [0, 0.1) is 6.92 Å². The quantitative estimate of drug-likeness (QED) is 0.301. The number of pyridine rings is 1. The van der Waals surface area contributed by atoms with Crippen molar-refractivity contribution < 1.29 is 4.42 Å². The van der Waals surface area contributed by atoms with Crippen molar-refractivity contribution in [1.82, 2.24) is 4.98 Å². The lowest BCUT2D eigenvalue weighted by Crippen LogP contribution is -1.93. The van der Waals surface area contributed by atoms with E-state index in [0.29, 0.717) is 0 Å². The molecule has 0 aliphatic carbocycles. The van der Waals surface area contributed by atoms with Gasteiger partial charge in [0.15, 0.2) is 5.76 Å². The molecule has 2 nitrogen and oxygen atoms in total. The number of aryl methyl sites for hydroxylation is 1. The van der Waals surface area contributed by atoms with Crippen LogP contribution in [0.3, 0.4) is 0 Å². The third-order valence-corrected chi connectivity index (χ3v) is 5.73. The van der Waals surface area contributed by atoms with Gasteiger partial charge in [0.25, 0.3) is 0 Å². The molecule has 5 aromatic rings. The zero-order chi connectivity index (χ0) is 18.4. The summed E-state index contributed by atoms with van der Waals surface area (Å²) >= 11 is 3.84. The van der Waals surface area contributed by atoms with E-state index in [9.17, 15) is 0 Å².